The lowest BCUT2D eigenvalue weighted by molar-refractivity contribution is -0.387. The first-order chi connectivity index (χ1) is 9.61. The fourth-order valence-electron chi connectivity index (χ4n) is 2.34. The zero-order valence-electron chi connectivity index (χ0n) is 11.0. The Labute approximate surface area is 121 Å². The van der Waals surface area contributed by atoms with Crippen molar-refractivity contribution < 1.29 is 10.1 Å². The number of oxime groups is 1. The van der Waals surface area contributed by atoms with Crippen LogP contribution in [0.2, 0.25) is 0 Å². The highest BCUT2D eigenvalue weighted by Crippen LogP contribution is 2.38. The largest absolute Gasteiger partial charge is 0.409 e. The Morgan fingerprint density at radius 2 is 2.10 bits per heavy atom. The van der Waals surface area contributed by atoms with Crippen LogP contribution in [0.15, 0.2) is 28.3 Å². The quantitative estimate of drug-likeness (QED) is 0.292. The number of thioether (sulfide) groups is 1. The summed E-state index contributed by atoms with van der Waals surface area (Å²) in [6, 6.07) is 4.69. The molecule has 3 N–H and O–H groups in total. The zero-order valence-corrected chi connectivity index (χ0v) is 11.8. The van der Waals surface area contributed by atoms with Crippen molar-refractivity contribution in [3.63, 3.8) is 0 Å². The molecule has 0 aliphatic heterocycles. The van der Waals surface area contributed by atoms with E-state index in [1.165, 1.54) is 25.3 Å². The van der Waals surface area contributed by atoms with Crippen LogP contribution in [0.1, 0.15) is 37.7 Å². The molecule has 0 aromatic heterocycles. The van der Waals surface area contributed by atoms with E-state index in [0.717, 1.165) is 12.8 Å². The highest BCUT2D eigenvalue weighted by atomic mass is 32.2. The molecule has 6 nitrogen and oxygen atoms in total. The van der Waals surface area contributed by atoms with Crippen molar-refractivity contribution in [3.8, 4) is 0 Å². The molecule has 0 unspecified atom stereocenters. The second-order valence-electron chi connectivity index (χ2n) is 4.80. The highest BCUT2D eigenvalue weighted by Gasteiger charge is 2.21. The van der Waals surface area contributed by atoms with E-state index in [1.807, 2.05) is 0 Å². The van der Waals surface area contributed by atoms with Gasteiger partial charge in [-0.2, -0.15) is 0 Å². The Bertz CT molecular complexity index is 528. The van der Waals surface area contributed by atoms with Gasteiger partial charge in [-0.3, -0.25) is 10.1 Å². The molecule has 1 aromatic rings. The van der Waals surface area contributed by atoms with Crippen LogP contribution in [0.5, 0.6) is 0 Å². The summed E-state index contributed by atoms with van der Waals surface area (Å²) in [5.74, 6) is -0.123. The summed E-state index contributed by atoms with van der Waals surface area (Å²) in [6.07, 6.45) is 5.83. The molecule has 0 amide bonds. The van der Waals surface area contributed by atoms with Gasteiger partial charge in [-0.05, 0) is 25.0 Å². The van der Waals surface area contributed by atoms with E-state index in [-0.39, 0.29) is 11.5 Å². The first kappa shape index (κ1) is 14.6. The van der Waals surface area contributed by atoms with Crippen LogP contribution < -0.4 is 5.73 Å². The fraction of sp³-hybridized carbons (Fsp3) is 0.462. The predicted molar refractivity (Wildman–Crippen MR) is 78.3 cm³/mol. The molecule has 1 saturated carbocycles. The number of nitro benzene ring substituents is 1. The number of amidine groups is 1. The Morgan fingerprint density at radius 3 is 2.70 bits per heavy atom. The van der Waals surface area contributed by atoms with E-state index in [2.05, 4.69) is 5.16 Å². The smallest absolute Gasteiger partial charge is 0.283 e. The second kappa shape index (κ2) is 6.60. The summed E-state index contributed by atoms with van der Waals surface area (Å²) >= 11 is 1.56. The molecule has 1 aliphatic carbocycles. The monoisotopic (exact) mass is 295 g/mol. The number of hydrogen-bond donors (Lipinski definition) is 2. The third-order valence-corrected chi connectivity index (χ3v) is 4.81. The van der Waals surface area contributed by atoms with E-state index < -0.39 is 4.92 Å². The topological polar surface area (TPSA) is 102 Å². The van der Waals surface area contributed by atoms with Crippen molar-refractivity contribution in [2.24, 2.45) is 10.9 Å². The van der Waals surface area contributed by atoms with Crippen LogP contribution in [0.25, 0.3) is 0 Å². The van der Waals surface area contributed by atoms with E-state index in [1.54, 1.807) is 23.9 Å². The molecule has 1 aliphatic rings. The molecule has 7 heteroatoms. The molecule has 2 rings (SSSR count). The van der Waals surface area contributed by atoms with Gasteiger partial charge in [-0.25, -0.2) is 0 Å². The summed E-state index contributed by atoms with van der Waals surface area (Å²) in [4.78, 5) is 11.4. The molecule has 108 valence electrons. The molecule has 0 saturated heterocycles. The summed E-state index contributed by atoms with van der Waals surface area (Å²) in [5.41, 5.74) is 5.84. The normalized spacial score (nSPS) is 17.1. The number of nitrogens with two attached hydrogens (primary N) is 1. The van der Waals surface area contributed by atoms with Crippen LogP contribution in [0.4, 0.5) is 5.69 Å². The Balaban J connectivity index is 2.25. The van der Waals surface area contributed by atoms with Gasteiger partial charge in [0.2, 0.25) is 0 Å². The van der Waals surface area contributed by atoms with Crippen molar-refractivity contribution in [1.82, 2.24) is 0 Å². The maximum absolute atomic E-state index is 11.2. The van der Waals surface area contributed by atoms with Gasteiger partial charge in [0, 0.05) is 16.9 Å². The standard InChI is InChI=1S/C13H17N3O3S/c14-13(15-17)9-6-7-12(11(8-9)16(18)19)20-10-4-2-1-3-5-10/h6-8,10,17H,1-5H2,(H2,14,15). The van der Waals surface area contributed by atoms with Crippen LogP contribution in [-0.4, -0.2) is 21.2 Å². The minimum Gasteiger partial charge on any atom is -0.409 e. The number of nitro groups is 1. The molecule has 0 bridgehead atoms. The third-order valence-electron chi connectivity index (χ3n) is 3.40. The average molecular weight is 295 g/mol. The third kappa shape index (κ3) is 3.41. The minimum atomic E-state index is -0.417. The molecule has 1 aromatic carbocycles. The van der Waals surface area contributed by atoms with Crippen molar-refractivity contribution in [3.05, 3.63) is 33.9 Å². The van der Waals surface area contributed by atoms with Gasteiger partial charge in [0.1, 0.15) is 0 Å². The molecule has 0 spiro atoms. The van der Waals surface area contributed by atoms with Gasteiger partial charge in [0.15, 0.2) is 5.84 Å². The molecule has 0 heterocycles. The number of rotatable bonds is 4. The van der Waals surface area contributed by atoms with Gasteiger partial charge in [0.05, 0.1) is 9.82 Å². The van der Waals surface area contributed by atoms with E-state index >= 15 is 0 Å². The first-order valence-electron chi connectivity index (χ1n) is 6.55. The SMILES string of the molecule is NC(=NO)c1ccc(SC2CCCCC2)c([N+](=O)[O-])c1. The van der Waals surface area contributed by atoms with Gasteiger partial charge < -0.3 is 10.9 Å². The predicted octanol–water partition coefficient (Wildman–Crippen LogP) is 3.11. The minimum absolute atomic E-state index is 0.0182. The zero-order chi connectivity index (χ0) is 14.5. The van der Waals surface area contributed by atoms with Gasteiger partial charge in [-0.1, -0.05) is 24.4 Å². The molecule has 1 fully saturated rings. The number of hydrogen-bond acceptors (Lipinski definition) is 5. The maximum Gasteiger partial charge on any atom is 0.283 e. The van der Waals surface area contributed by atoms with Gasteiger partial charge >= 0.3 is 0 Å². The lowest BCUT2D eigenvalue weighted by Crippen LogP contribution is -2.13. The van der Waals surface area contributed by atoms with Crippen molar-refractivity contribution in [2.75, 3.05) is 0 Å². The van der Waals surface area contributed by atoms with Crippen molar-refractivity contribution in [1.29, 1.82) is 0 Å². The van der Waals surface area contributed by atoms with Crippen molar-refractivity contribution >= 4 is 23.3 Å². The Kier molecular flexibility index (Phi) is 4.84. The van der Waals surface area contributed by atoms with Crippen LogP contribution >= 0.6 is 11.8 Å². The first-order valence-corrected chi connectivity index (χ1v) is 7.43. The summed E-state index contributed by atoms with van der Waals surface area (Å²) < 4.78 is 0. The number of nitrogens with zero attached hydrogens (tertiary/aromatic N) is 2. The van der Waals surface area contributed by atoms with Crippen LogP contribution in [-0.2, 0) is 0 Å². The molecular weight excluding hydrogens is 278 g/mol. The fourth-order valence-corrected chi connectivity index (χ4v) is 3.67. The van der Waals surface area contributed by atoms with E-state index in [0.29, 0.717) is 15.7 Å². The summed E-state index contributed by atoms with van der Waals surface area (Å²) in [6.45, 7) is 0. The highest BCUT2D eigenvalue weighted by molar-refractivity contribution is 8.00. The molecule has 0 atom stereocenters. The molecular formula is C13H17N3O3S. The lowest BCUT2D eigenvalue weighted by atomic mass is 10.0. The number of benzene rings is 1. The summed E-state index contributed by atoms with van der Waals surface area (Å²) in [7, 11) is 0. The van der Waals surface area contributed by atoms with Crippen LogP contribution in [0, 0.1) is 10.1 Å². The second-order valence-corrected chi connectivity index (χ2v) is 6.14. The van der Waals surface area contributed by atoms with Crippen molar-refractivity contribution in [2.45, 2.75) is 42.2 Å². The molecule has 0 radical (unpaired) electrons. The maximum atomic E-state index is 11.2. The van der Waals surface area contributed by atoms with E-state index in [4.69, 9.17) is 10.9 Å². The van der Waals surface area contributed by atoms with Crippen LogP contribution in [0.3, 0.4) is 0 Å². The van der Waals surface area contributed by atoms with E-state index in [9.17, 15) is 10.1 Å². The summed E-state index contributed by atoms with van der Waals surface area (Å²) in [5, 5.41) is 23.1. The Morgan fingerprint density at radius 1 is 1.40 bits per heavy atom. The average Bonchev–Trinajstić information content (AvgIpc) is 2.47. The van der Waals surface area contributed by atoms with Gasteiger partial charge in [-0.15, -0.1) is 11.8 Å². The van der Waals surface area contributed by atoms with Gasteiger partial charge in [0.25, 0.3) is 5.69 Å². The molecule has 20 heavy (non-hydrogen) atoms. The lowest BCUT2D eigenvalue weighted by Gasteiger charge is -2.20. The Hall–Kier alpha value is -1.76.